The highest BCUT2D eigenvalue weighted by atomic mass is 16.6. The first-order valence-corrected chi connectivity index (χ1v) is 11.1. The molecule has 0 bridgehead atoms. The van der Waals surface area contributed by atoms with Gasteiger partial charge < -0.3 is 20.3 Å². The Morgan fingerprint density at radius 1 is 1.09 bits per heavy atom. The van der Waals surface area contributed by atoms with E-state index >= 15 is 0 Å². The maximum absolute atomic E-state index is 12.9. The average molecular weight is 476 g/mol. The first-order chi connectivity index (χ1) is 16.6. The highest BCUT2D eigenvalue weighted by Crippen LogP contribution is 2.27. The molecule has 1 amide bonds. The summed E-state index contributed by atoms with van der Waals surface area (Å²) >= 11 is 0. The Hall–Kier alpha value is -3.85. The summed E-state index contributed by atoms with van der Waals surface area (Å²) in [6.07, 6.45) is 4.58. The molecule has 1 aromatic heterocycles. The Morgan fingerprint density at radius 3 is 2.51 bits per heavy atom. The normalized spacial score (nSPS) is 12.5. The molecule has 4 N–H and O–H groups in total. The number of aliphatic hydroxyl groups is 1. The molecule has 1 unspecified atom stereocenters. The van der Waals surface area contributed by atoms with Gasteiger partial charge in [-0.3, -0.25) is 15.1 Å². The van der Waals surface area contributed by atoms with Crippen LogP contribution in [0.3, 0.4) is 0 Å². The van der Waals surface area contributed by atoms with E-state index in [0.29, 0.717) is 16.8 Å². The molecule has 2 aromatic carbocycles. The lowest BCUT2D eigenvalue weighted by Gasteiger charge is -2.25. The number of hydrogen-bond acceptors (Lipinski definition) is 6. The monoisotopic (exact) mass is 475 g/mol. The Morgan fingerprint density at radius 2 is 1.83 bits per heavy atom. The Balaban J connectivity index is 1.93. The molecule has 1 atom stereocenters. The van der Waals surface area contributed by atoms with Gasteiger partial charge >= 0.3 is 5.97 Å². The van der Waals surface area contributed by atoms with Crippen molar-refractivity contribution in [1.82, 2.24) is 10.3 Å². The van der Waals surface area contributed by atoms with E-state index in [0.717, 1.165) is 22.8 Å². The molecule has 0 saturated carbocycles. The third-order valence-corrected chi connectivity index (χ3v) is 4.86. The summed E-state index contributed by atoms with van der Waals surface area (Å²) in [5.74, 6) is -1.32. The summed E-state index contributed by atoms with van der Waals surface area (Å²) in [6, 6.07) is 16.0. The maximum atomic E-state index is 12.9. The predicted molar refractivity (Wildman–Crippen MR) is 134 cm³/mol. The molecule has 0 fully saturated rings. The first-order valence-electron chi connectivity index (χ1n) is 11.1. The van der Waals surface area contributed by atoms with Gasteiger partial charge in [-0.05, 0) is 79.4 Å². The van der Waals surface area contributed by atoms with Crippen LogP contribution in [0.4, 0.5) is 5.69 Å². The zero-order valence-corrected chi connectivity index (χ0v) is 19.9. The van der Waals surface area contributed by atoms with Gasteiger partial charge in [-0.15, -0.1) is 0 Å². The minimum absolute atomic E-state index is 0.272. The average Bonchev–Trinajstić information content (AvgIpc) is 2.81. The lowest BCUT2D eigenvalue weighted by molar-refractivity contribution is -0.182. The van der Waals surface area contributed by atoms with Crippen LogP contribution < -0.4 is 10.6 Å². The zero-order valence-electron chi connectivity index (χ0n) is 19.9. The molecule has 0 aliphatic rings. The first kappa shape index (κ1) is 25.8. The van der Waals surface area contributed by atoms with Gasteiger partial charge in [-0.25, -0.2) is 4.79 Å². The number of amides is 1. The molecular weight excluding hydrogens is 446 g/mol. The number of ether oxygens (including phenoxy) is 1. The summed E-state index contributed by atoms with van der Waals surface area (Å²) in [5, 5.41) is 24.9. The van der Waals surface area contributed by atoms with Gasteiger partial charge in [0.05, 0.1) is 5.60 Å². The van der Waals surface area contributed by atoms with Gasteiger partial charge in [0.1, 0.15) is 0 Å². The van der Waals surface area contributed by atoms with Crippen LogP contribution in [0.25, 0.3) is 17.2 Å². The van der Waals surface area contributed by atoms with Crippen LogP contribution in [0, 0.1) is 0 Å². The van der Waals surface area contributed by atoms with E-state index in [1.807, 2.05) is 45.0 Å². The van der Waals surface area contributed by atoms with Gasteiger partial charge in [-0.1, -0.05) is 24.3 Å². The largest absolute Gasteiger partial charge is 0.478 e. The van der Waals surface area contributed by atoms with Gasteiger partial charge in [0.25, 0.3) is 5.91 Å². The molecule has 0 aliphatic heterocycles. The number of aliphatic carboxylic acids is 1. The summed E-state index contributed by atoms with van der Waals surface area (Å²) in [6.45, 7) is 5.80. The van der Waals surface area contributed by atoms with Crippen molar-refractivity contribution in [3.63, 3.8) is 0 Å². The number of carboxylic acids is 1. The molecule has 1 heterocycles. The van der Waals surface area contributed by atoms with Crippen molar-refractivity contribution < 1.29 is 24.5 Å². The maximum Gasteiger partial charge on any atom is 0.328 e. The minimum atomic E-state index is -1.18. The third-order valence-electron chi connectivity index (χ3n) is 4.86. The lowest BCUT2D eigenvalue weighted by atomic mass is 9.95. The molecule has 8 heteroatoms. The molecule has 0 aliphatic carbocycles. The highest BCUT2D eigenvalue weighted by Gasteiger charge is 2.17. The minimum Gasteiger partial charge on any atom is -0.478 e. The second-order valence-electron chi connectivity index (χ2n) is 8.82. The van der Waals surface area contributed by atoms with Crippen LogP contribution in [-0.2, 0) is 16.1 Å². The third kappa shape index (κ3) is 8.15. The molecule has 0 saturated heterocycles. The summed E-state index contributed by atoms with van der Waals surface area (Å²) in [5.41, 5.74) is 3.61. The molecule has 0 spiro atoms. The van der Waals surface area contributed by atoms with Crippen LogP contribution in [0.1, 0.15) is 42.3 Å². The molecule has 35 heavy (non-hydrogen) atoms. The molecule has 8 nitrogen and oxygen atoms in total. The molecule has 182 valence electrons. The van der Waals surface area contributed by atoms with Crippen molar-refractivity contribution in [3.8, 4) is 11.1 Å². The van der Waals surface area contributed by atoms with Crippen molar-refractivity contribution in [2.45, 2.75) is 39.3 Å². The Labute approximate surface area is 204 Å². The van der Waals surface area contributed by atoms with E-state index in [9.17, 15) is 14.7 Å². The summed E-state index contributed by atoms with van der Waals surface area (Å²) in [4.78, 5) is 27.8. The quantitative estimate of drug-likeness (QED) is 0.269. The van der Waals surface area contributed by atoms with Crippen LogP contribution >= 0.6 is 0 Å². The van der Waals surface area contributed by atoms with Gasteiger partial charge in [0.2, 0.25) is 6.41 Å². The van der Waals surface area contributed by atoms with Gasteiger partial charge in [0.15, 0.2) is 0 Å². The lowest BCUT2D eigenvalue weighted by Crippen LogP contribution is -2.37. The summed E-state index contributed by atoms with van der Waals surface area (Å²) < 4.78 is 5.52. The molecular formula is C27H29N3O5. The fraction of sp³-hybridized carbons (Fsp3) is 0.222. The fourth-order valence-corrected chi connectivity index (χ4v) is 3.33. The number of aromatic nitrogens is 1. The number of carbonyl (C=O) groups excluding carboxylic acids is 1. The number of aliphatic hydroxyl groups excluding tert-OH is 1. The number of carboxylic acid groups (broad SMARTS) is 1. The van der Waals surface area contributed by atoms with Crippen LogP contribution in [-0.4, -0.2) is 39.1 Å². The van der Waals surface area contributed by atoms with E-state index < -0.39 is 18.0 Å². The van der Waals surface area contributed by atoms with E-state index in [2.05, 4.69) is 15.6 Å². The van der Waals surface area contributed by atoms with Crippen molar-refractivity contribution >= 4 is 23.6 Å². The SMILES string of the molecule is CC(C)(C)OC(O)NCc1ccc(C(=O)Nc2ccncc2)cc1-c1cccc(/C=C/C(=O)O)c1. The number of pyridine rings is 1. The van der Waals surface area contributed by atoms with Crippen molar-refractivity contribution in [3.05, 3.63) is 89.8 Å². The summed E-state index contributed by atoms with van der Waals surface area (Å²) in [7, 11) is 0. The van der Waals surface area contributed by atoms with E-state index in [1.165, 1.54) is 6.08 Å². The highest BCUT2D eigenvalue weighted by molar-refractivity contribution is 6.05. The molecule has 3 rings (SSSR count). The number of hydrogen-bond donors (Lipinski definition) is 4. The van der Waals surface area contributed by atoms with Crippen LogP contribution in [0.2, 0.25) is 0 Å². The number of nitrogens with zero attached hydrogens (tertiary/aromatic N) is 1. The predicted octanol–water partition coefficient (Wildman–Crippen LogP) is 4.28. The van der Waals surface area contributed by atoms with Crippen LogP contribution in [0.15, 0.2) is 73.1 Å². The van der Waals surface area contributed by atoms with Crippen molar-refractivity contribution in [2.24, 2.45) is 0 Å². The number of rotatable bonds is 9. The Kier molecular flexibility index (Phi) is 8.48. The van der Waals surface area contributed by atoms with Crippen LogP contribution in [0.5, 0.6) is 0 Å². The number of anilines is 1. The fourth-order valence-electron chi connectivity index (χ4n) is 3.33. The smallest absolute Gasteiger partial charge is 0.328 e. The second kappa shape index (κ2) is 11.5. The van der Waals surface area contributed by atoms with Gasteiger partial charge in [-0.2, -0.15) is 0 Å². The number of benzene rings is 2. The standard InChI is InChI=1S/C27H29N3O5/c1-27(2,3)35-26(34)29-17-21-9-8-20(25(33)30-22-11-13-28-14-12-22)16-23(21)19-6-4-5-18(15-19)7-10-24(31)32/h4-16,26,29,34H,17H2,1-3H3,(H,31,32)(H,28,30,33)/b10-7+. The molecule has 0 radical (unpaired) electrons. The van der Waals surface area contributed by atoms with Gasteiger partial charge in [0, 0.05) is 36.3 Å². The zero-order chi connectivity index (χ0) is 25.4. The topological polar surface area (TPSA) is 121 Å². The van der Waals surface area contributed by atoms with Crippen molar-refractivity contribution in [2.75, 3.05) is 5.32 Å². The number of carbonyl (C=O) groups is 2. The Bertz CT molecular complexity index is 1200. The van der Waals surface area contributed by atoms with E-state index in [-0.39, 0.29) is 12.5 Å². The molecule has 3 aromatic rings. The van der Waals surface area contributed by atoms with E-state index in [4.69, 9.17) is 9.84 Å². The second-order valence-corrected chi connectivity index (χ2v) is 8.82. The van der Waals surface area contributed by atoms with E-state index in [1.54, 1.807) is 42.7 Å². The van der Waals surface area contributed by atoms with Crippen molar-refractivity contribution in [1.29, 1.82) is 0 Å². The number of nitrogens with one attached hydrogen (secondary N) is 2.